The van der Waals surface area contributed by atoms with Crippen LogP contribution in [0.15, 0.2) is 72.8 Å². The molecule has 0 radical (unpaired) electrons. The van der Waals surface area contributed by atoms with Gasteiger partial charge < -0.3 is 10.6 Å². The quantitative estimate of drug-likeness (QED) is 0.482. The third-order valence-electron chi connectivity index (χ3n) is 6.07. The van der Waals surface area contributed by atoms with Crippen LogP contribution in [0.1, 0.15) is 57.2 Å². The summed E-state index contributed by atoms with van der Waals surface area (Å²) in [6.07, 6.45) is 3.01. The molecule has 3 aromatic rings. The van der Waals surface area contributed by atoms with E-state index in [4.69, 9.17) is 0 Å². The number of nitrogens with one attached hydrogen (secondary N) is 2. The molecule has 0 fully saturated rings. The number of fused-ring (bicyclic) bond motifs is 1. The number of hydrogen-bond donors (Lipinski definition) is 2. The van der Waals surface area contributed by atoms with E-state index in [1.54, 1.807) is 18.2 Å². The molecule has 0 spiro atoms. The summed E-state index contributed by atoms with van der Waals surface area (Å²) < 4.78 is 0. The highest BCUT2D eigenvalue weighted by Gasteiger charge is 2.17. The monoisotopic (exact) mass is 441 g/mol. The number of anilines is 1. The average molecular weight is 442 g/mol. The number of amides is 2. The van der Waals surface area contributed by atoms with Gasteiger partial charge in [-0.25, -0.2) is 0 Å². The lowest BCUT2D eigenvalue weighted by Gasteiger charge is -2.28. The van der Waals surface area contributed by atoms with Crippen molar-refractivity contribution in [3.8, 4) is 0 Å². The van der Waals surface area contributed by atoms with Crippen molar-refractivity contribution < 1.29 is 9.59 Å². The van der Waals surface area contributed by atoms with Crippen molar-refractivity contribution in [3.05, 3.63) is 101 Å². The molecule has 0 unspecified atom stereocenters. The molecule has 5 heteroatoms. The summed E-state index contributed by atoms with van der Waals surface area (Å²) in [4.78, 5) is 27.8. The Morgan fingerprint density at radius 2 is 1.61 bits per heavy atom. The van der Waals surface area contributed by atoms with Crippen molar-refractivity contribution in [2.75, 3.05) is 18.4 Å². The molecular weight excluding hydrogens is 410 g/mol. The highest BCUT2D eigenvalue weighted by molar-refractivity contribution is 6.09. The molecule has 1 aliphatic heterocycles. The fraction of sp³-hybridized carbons (Fsp3) is 0.286. The smallest absolute Gasteiger partial charge is 0.255 e. The molecular formula is C28H31N3O2. The number of rotatable bonds is 8. The minimum absolute atomic E-state index is 0.169. The summed E-state index contributed by atoms with van der Waals surface area (Å²) in [5.41, 5.74) is 5.60. The molecule has 0 aromatic heterocycles. The van der Waals surface area contributed by atoms with E-state index in [2.05, 4.69) is 46.7 Å². The Hall–Kier alpha value is -3.44. The molecule has 1 heterocycles. The van der Waals surface area contributed by atoms with Gasteiger partial charge in [0.15, 0.2) is 0 Å². The Bertz CT molecular complexity index is 1110. The van der Waals surface area contributed by atoms with Crippen LogP contribution in [0.5, 0.6) is 0 Å². The summed E-state index contributed by atoms with van der Waals surface area (Å²) >= 11 is 0. The van der Waals surface area contributed by atoms with Gasteiger partial charge in [0.25, 0.3) is 11.8 Å². The molecule has 1 aliphatic rings. The summed E-state index contributed by atoms with van der Waals surface area (Å²) in [5.74, 6) is -0.389. The van der Waals surface area contributed by atoms with Crippen LogP contribution in [-0.4, -0.2) is 29.8 Å². The lowest BCUT2D eigenvalue weighted by molar-refractivity contribution is 0.0954. The van der Waals surface area contributed by atoms with Gasteiger partial charge in [-0.1, -0.05) is 61.9 Å². The largest absolute Gasteiger partial charge is 0.352 e. The minimum Gasteiger partial charge on any atom is -0.352 e. The lowest BCUT2D eigenvalue weighted by atomic mass is 9.99. The van der Waals surface area contributed by atoms with Crippen LogP contribution in [0.2, 0.25) is 0 Å². The van der Waals surface area contributed by atoms with E-state index in [9.17, 15) is 9.59 Å². The first-order chi connectivity index (χ1) is 16.1. The number of nitrogens with zero attached hydrogens (tertiary/aromatic N) is 1. The maximum Gasteiger partial charge on any atom is 0.255 e. The summed E-state index contributed by atoms with van der Waals surface area (Å²) in [7, 11) is 0. The Kier molecular flexibility index (Phi) is 7.53. The van der Waals surface area contributed by atoms with Gasteiger partial charge in [-0.2, -0.15) is 0 Å². The Morgan fingerprint density at radius 3 is 2.39 bits per heavy atom. The second-order valence-corrected chi connectivity index (χ2v) is 8.54. The van der Waals surface area contributed by atoms with E-state index >= 15 is 0 Å². The van der Waals surface area contributed by atoms with Crippen molar-refractivity contribution in [2.45, 2.75) is 39.3 Å². The molecule has 4 rings (SSSR count). The number of benzene rings is 3. The van der Waals surface area contributed by atoms with Gasteiger partial charge >= 0.3 is 0 Å². The van der Waals surface area contributed by atoms with Gasteiger partial charge in [0.2, 0.25) is 0 Å². The fourth-order valence-corrected chi connectivity index (χ4v) is 4.17. The highest BCUT2D eigenvalue weighted by Crippen LogP contribution is 2.21. The Morgan fingerprint density at radius 1 is 0.879 bits per heavy atom. The van der Waals surface area contributed by atoms with E-state index in [0.717, 1.165) is 38.9 Å². The summed E-state index contributed by atoms with van der Waals surface area (Å²) in [6.45, 7) is 5.56. The van der Waals surface area contributed by atoms with Gasteiger partial charge in [-0.15, -0.1) is 0 Å². The zero-order chi connectivity index (χ0) is 23.0. The molecule has 0 atom stereocenters. The number of carbonyl (C=O) groups excluding carboxylic acids is 2. The number of unbranched alkanes of at least 4 members (excludes halogenated alkanes) is 1. The van der Waals surface area contributed by atoms with E-state index in [0.29, 0.717) is 23.4 Å². The highest BCUT2D eigenvalue weighted by atomic mass is 16.2. The van der Waals surface area contributed by atoms with E-state index in [-0.39, 0.29) is 11.8 Å². The average Bonchev–Trinajstić information content (AvgIpc) is 2.85. The summed E-state index contributed by atoms with van der Waals surface area (Å²) in [6, 6.07) is 23.5. The van der Waals surface area contributed by atoms with Crippen molar-refractivity contribution in [3.63, 3.8) is 0 Å². The van der Waals surface area contributed by atoms with Gasteiger partial charge in [0.1, 0.15) is 0 Å². The van der Waals surface area contributed by atoms with Crippen molar-refractivity contribution in [1.82, 2.24) is 10.2 Å². The number of carbonyl (C=O) groups is 2. The molecule has 0 aliphatic carbocycles. The normalized spacial score (nSPS) is 13.2. The zero-order valence-corrected chi connectivity index (χ0v) is 19.1. The zero-order valence-electron chi connectivity index (χ0n) is 19.1. The second kappa shape index (κ2) is 10.9. The third kappa shape index (κ3) is 5.88. The van der Waals surface area contributed by atoms with Gasteiger partial charge in [0.05, 0.1) is 11.3 Å². The Balaban J connectivity index is 1.37. The molecule has 33 heavy (non-hydrogen) atoms. The van der Waals surface area contributed by atoms with Crippen LogP contribution < -0.4 is 10.6 Å². The predicted molar refractivity (Wildman–Crippen MR) is 132 cm³/mol. The summed E-state index contributed by atoms with van der Waals surface area (Å²) in [5, 5.41) is 5.81. The third-order valence-corrected chi connectivity index (χ3v) is 6.07. The van der Waals surface area contributed by atoms with Crippen LogP contribution in [0, 0.1) is 0 Å². The van der Waals surface area contributed by atoms with Crippen molar-refractivity contribution in [1.29, 1.82) is 0 Å². The maximum atomic E-state index is 12.8. The second-order valence-electron chi connectivity index (χ2n) is 8.54. The number of hydrogen-bond acceptors (Lipinski definition) is 3. The van der Waals surface area contributed by atoms with Crippen LogP contribution in [0.3, 0.4) is 0 Å². The number of para-hydroxylation sites is 1. The van der Waals surface area contributed by atoms with E-state index < -0.39 is 0 Å². The van der Waals surface area contributed by atoms with Crippen molar-refractivity contribution >= 4 is 17.5 Å². The van der Waals surface area contributed by atoms with Gasteiger partial charge in [-0.3, -0.25) is 14.5 Å². The first-order valence-electron chi connectivity index (χ1n) is 11.7. The SMILES string of the molecule is CCCCNC(=O)c1ccccc1NC(=O)c1ccc(CN2CCc3ccccc3C2)cc1. The molecule has 0 saturated heterocycles. The molecule has 170 valence electrons. The fourth-order valence-electron chi connectivity index (χ4n) is 4.17. The molecule has 2 amide bonds. The topological polar surface area (TPSA) is 61.4 Å². The molecule has 2 N–H and O–H groups in total. The van der Waals surface area contributed by atoms with E-state index in [1.165, 1.54) is 16.7 Å². The molecule has 0 bridgehead atoms. The standard InChI is InChI=1S/C28H31N3O2/c1-2-3-17-29-28(33)25-10-6-7-11-26(25)30-27(32)23-14-12-21(13-15-23)19-31-18-16-22-8-4-5-9-24(22)20-31/h4-15H,2-3,16-20H2,1H3,(H,29,33)(H,30,32). The van der Waals surface area contributed by atoms with Gasteiger partial charge in [0, 0.05) is 31.7 Å². The van der Waals surface area contributed by atoms with Gasteiger partial charge in [-0.05, 0) is 53.8 Å². The van der Waals surface area contributed by atoms with Crippen LogP contribution in [0.4, 0.5) is 5.69 Å². The first-order valence-corrected chi connectivity index (χ1v) is 11.7. The van der Waals surface area contributed by atoms with Crippen LogP contribution >= 0.6 is 0 Å². The molecule has 0 saturated carbocycles. The minimum atomic E-state index is -0.220. The van der Waals surface area contributed by atoms with Crippen LogP contribution in [-0.2, 0) is 19.5 Å². The lowest BCUT2D eigenvalue weighted by Crippen LogP contribution is -2.30. The molecule has 3 aromatic carbocycles. The molecule has 5 nitrogen and oxygen atoms in total. The Labute approximate surface area is 195 Å². The maximum absolute atomic E-state index is 12.8. The van der Waals surface area contributed by atoms with Crippen molar-refractivity contribution in [2.24, 2.45) is 0 Å². The first kappa shape index (κ1) is 22.7. The van der Waals surface area contributed by atoms with E-state index in [1.807, 2.05) is 30.3 Å². The predicted octanol–water partition coefficient (Wildman–Crippen LogP) is 5.03. The van der Waals surface area contributed by atoms with Crippen LogP contribution in [0.25, 0.3) is 0 Å².